The van der Waals surface area contributed by atoms with Crippen LogP contribution < -0.4 is 5.56 Å². The molecule has 1 heterocycles. The first-order chi connectivity index (χ1) is 12.1. The van der Waals surface area contributed by atoms with Crippen LogP contribution in [0.1, 0.15) is 23.3 Å². The van der Waals surface area contributed by atoms with E-state index in [2.05, 4.69) is 15.9 Å². The fourth-order valence-corrected chi connectivity index (χ4v) is 3.63. The molecule has 0 saturated heterocycles. The summed E-state index contributed by atoms with van der Waals surface area (Å²) < 4.78 is 2.27. The van der Waals surface area contributed by atoms with Gasteiger partial charge in [0.2, 0.25) is 0 Å². The first-order valence-electron chi connectivity index (χ1n) is 8.21. The number of aromatic nitrogens is 1. The maximum absolute atomic E-state index is 13.0. The number of fused-ring (bicyclic) bond motifs is 1. The Labute approximate surface area is 152 Å². The first kappa shape index (κ1) is 16.1. The van der Waals surface area contributed by atoms with Crippen LogP contribution in [0.3, 0.4) is 0 Å². The number of pyridine rings is 1. The number of carboxylic acid groups (broad SMARTS) is 1. The quantitative estimate of drug-likeness (QED) is 0.702. The predicted octanol–water partition coefficient (Wildman–Crippen LogP) is 4.54. The topological polar surface area (TPSA) is 59.3 Å². The molecule has 0 unspecified atom stereocenters. The van der Waals surface area contributed by atoms with E-state index in [-0.39, 0.29) is 11.3 Å². The van der Waals surface area contributed by atoms with E-state index in [1.54, 1.807) is 6.07 Å². The molecule has 1 N–H and O–H groups in total. The Morgan fingerprint density at radius 1 is 1.12 bits per heavy atom. The molecule has 4 nitrogen and oxygen atoms in total. The molecule has 25 heavy (non-hydrogen) atoms. The van der Waals surface area contributed by atoms with E-state index in [9.17, 15) is 14.7 Å². The van der Waals surface area contributed by atoms with Gasteiger partial charge in [-0.15, -0.1) is 0 Å². The van der Waals surface area contributed by atoms with Crippen LogP contribution in [0, 0.1) is 5.92 Å². The van der Waals surface area contributed by atoms with Crippen LogP contribution in [0.4, 0.5) is 0 Å². The smallest absolute Gasteiger partial charge is 0.353 e. The average Bonchev–Trinajstić information content (AvgIpc) is 3.41. The Bertz CT molecular complexity index is 1040. The summed E-state index contributed by atoms with van der Waals surface area (Å²) >= 11 is 3.44. The molecule has 0 aliphatic heterocycles. The Balaban J connectivity index is 2.16. The molecule has 0 amide bonds. The van der Waals surface area contributed by atoms with Crippen LogP contribution in [0.15, 0.2) is 57.8 Å². The van der Waals surface area contributed by atoms with Gasteiger partial charge in [0.15, 0.2) is 0 Å². The van der Waals surface area contributed by atoms with Crippen molar-refractivity contribution >= 4 is 32.7 Å². The maximum atomic E-state index is 13.0. The minimum Gasteiger partial charge on any atom is -0.477 e. The number of nitrogens with zero attached hydrogens (tertiary/aromatic N) is 1. The van der Waals surface area contributed by atoms with Crippen LogP contribution in [0.25, 0.3) is 21.9 Å². The summed E-state index contributed by atoms with van der Waals surface area (Å²) in [6.45, 7) is 0.465. The highest BCUT2D eigenvalue weighted by Crippen LogP contribution is 2.35. The Morgan fingerprint density at radius 3 is 2.48 bits per heavy atom. The fourth-order valence-electron chi connectivity index (χ4n) is 3.27. The second-order valence-electron chi connectivity index (χ2n) is 6.44. The second kappa shape index (κ2) is 6.15. The number of rotatable bonds is 4. The molecule has 3 aromatic rings. The molecular weight excluding hydrogens is 382 g/mol. The second-order valence-corrected chi connectivity index (χ2v) is 7.36. The molecular formula is C20H16BrNO3. The van der Waals surface area contributed by atoms with E-state index in [1.807, 2.05) is 42.5 Å². The Kier molecular flexibility index (Phi) is 3.96. The zero-order valence-electron chi connectivity index (χ0n) is 13.4. The summed E-state index contributed by atoms with van der Waals surface area (Å²) in [6, 6.07) is 14.8. The maximum Gasteiger partial charge on any atom is 0.353 e. The van der Waals surface area contributed by atoms with Crippen LogP contribution in [-0.4, -0.2) is 15.6 Å². The van der Waals surface area contributed by atoms with Crippen molar-refractivity contribution in [2.45, 2.75) is 19.4 Å². The van der Waals surface area contributed by atoms with E-state index >= 15 is 0 Å². The van der Waals surface area contributed by atoms with Gasteiger partial charge >= 0.3 is 5.97 Å². The lowest BCUT2D eigenvalue weighted by molar-refractivity contribution is 0.0684. The van der Waals surface area contributed by atoms with Crippen molar-refractivity contribution < 1.29 is 9.90 Å². The third kappa shape index (κ3) is 2.89. The van der Waals surface area contributed by atoms with Gasteiger partial charge in [0, 0.05) is 22.0 Å². The lowest BCUT2D eigenvalue weighted by Gasteiger charge is -2.17. The van der Waals surface area contributed by atoms with Gasteiger partial charge in [-0.05, 0) is 47.9 Å². The monoisotopic (exact) mass is 397 g/mol. The normalized spacial score (nSPS) is 14.0. The number of carboxylic acids is 1. The fraction of sp³-hybridized carbons (Fsp3) is 0.200. The lowest BCUT2D eigenvalue weighted by atomic mass is 9.96. The van der Waals surface area contributed by atoms with Gasteiger partial charge in [-0.25, -0.2) is 4.79 Å². The third-order valence-electron chi connectivity index (χ3n) is 4.64. The van der Waals surface area contributed by atoms with Crippen LogP contribution in [-0.2, 0) is 6.54 Å². The molecule has 0 spiro atoms. The van der Waals surface area contributed by atoms with E-state index in [0.29, 0.717) is 28.8 Å². The van der Waals surface area contributed by atoms with Gasteiger partial charge < -0.3 is 9.67 Å². The molecule has 126 valence electrons. The van der Waals surface area contributed by atoms with Crippen molar-refractivity contribution in [3.63, 3.8) is 0 Å². The molecule has 5 heteroatoms. The highest BCUT2D eigenvalue weighted by molar-refractivity contribution is 9.10. The number of halogens is 1. The number of benzene rings is 2. The summed E-state index contributed by atoms with van der Waals surface area (Å²) in [5.41, 5.74) is 1.25. The summed E-state index contributed by atoms with van der Waals surface area (Å²) in [4.78, 5) is 25.1. The first-order valence-corrected chi connectivity index (χ1v) is 9.00. The van der Waals surface area contributed by atoms with E-state index < -0.39 is 5.97 Å². The van der Waals surface area contributed by atoms with E-state index in [4.69, 9.17) is 0 Å². The van der Waals surface area contributed by atoms with Crippen LogP contribution in [0.5, 0.6) is 0 Å². The molecule has 1 aromatic heterocycles. The van der Waals surface area contributed by atoms with Crippen LogP contribution in [0.2, 0.25) is 0 Å². The minimum absolute atomic E-state index is 0.0775. The number of hydrogen-bond donors (Lipinski definition) is 1. The molecule has 1 aliphatic rings. The Hall–Kier alpha value is -2.40. The highest BCUT2D eigenvalue weighted by atomic mass is 79.9. The van der Waals surface area contributed by atoms with Gasteiger partial charge in [-0.2, -0.15) is 0 Å². The molecule has 0 radical (unpaired) electrons. The predicted molar refractivity (Wildman–Crippen MR) is 101 cm³/mol. The molecule has 0 bridgehead atoms. The van der Waals surface area contributed by atoms with E-state index in [1.165, 1.54) is 4.57 Å². The number of hydrogen-bond acceptors (Lipinski definition) is 2. The van der Waals surface area contributed by atoms with Crippen molar-refractivity contribution in [2.75, 3.05) is 0 Å². The number of carbonyl (C=O) groups is 1. The summed E-state index contributed by atoms with van der Waals surface area (Å²) in [7, 11) is 0. The SMILES string of the molecule is O=C(O)c1c(-c2ccccc2)c2cc(Br)ccc2c(=O)n1CC1CC1. The lowest BCUT2D eigenvalue weighted by Crippen LogP contribution is -2.28. The van der Waals surface area contributed by atoms with Gasteiger partial charge in [-0.3, -0.25) is 4.79 Å². The van der Waals surface area contributed by atoms with Crippen molar-refractivity contribution in [2.24, 2.45) is 5.92 Å². The van der Waals surface area contributed by atoms with Crippen molar-refractivity contribution in [1.29, 1.82) is 0 Å². The summed E-state index contributed by atoms with van der Waals surface area (Å²) in [5.74, 6) is -0.675. The third-order valence-corrected chi connectivity index (χ3v) is 5.13. The van der Waals surface area contributed by atoms with Crippen molar-refractivity contribution in [3.05, 3.63) is 69.1 Å². The largest absolute Gasteiger partial charge is 0.477 e. The van der Waals surface area contributed by atoms with Gasteiger partial charge in [0.1, 0.15) is 5.69 Å². The molecule has 1 fully saturated rings. The molecule has 0 atom stereocenters. The van der Waals surface area contributed by atoms with Gasteiger partial charge in [0.05, 0.1) is 0 Å². The zero-order valence-corrected chi connectivity index (χ0v) is 15.0. The van der Waals surface area contributed by atoms with E-state index in [0.717, 1.165) is 22.9 Å². The molecule has 1 saturated carbocycles. The summed E-state index contributed by atoms with van der Waals surface area (Å²) in [6.07, 6.45) is 2.09. The van der Waals surface area contributed by atoms with Crippen molar-refractivity contribution in [3.8, 4) is 11.1 Å². The van der Waals surface area contributed by atoms with Crippen molar-refractivity contribution in [1.82, 2.24) is 4.57 Å². The Morgan fingerprint density at radius 2 is 1.84 bits per heavy atom. The number of aromatic carboxylic acids is 1. The highest BCUT2D eigenvalue weighted by Gasteiger charge is 2.28. The average molecular weight is 398 g/mol. The standard InChI is InChI=1S/C20H16BrNO3/c21-14-8-9-15-16(10-14)17(13-4-2-1-3-5-13)18(20(24)25)22(19(15)23)11-12-6-7-12/h1-5,8-10,12H,6-7,11H2,(H,24,25). The van der Waals surface area contributed by atoms with Gasteiger partial charge in [-0.1, -0.05) is 46.3 Å². The van der Waals surface area contributed by atoms with Gasteiger partial charge in [0.25, 0.3) is 5.56 Å². The van der Waals surface area contributed by atoms with Crippen LogP contribution >= 0.6 is 15.9 Å². The zero-order chi connectivity index (χ0) is 17.6. The molecule has 4 rings (SSSR count). The molecule has 1 aliphatic carbocycles. The molecule has 2 aromatic carbocycles. The summed E-state index contributed by atoms with van der Waals surface area (Å²) in [5, 5.41) is 11.1. The minimum atomic E-state index is -1.07.